The lowest BCUT2D eigenvalue weighted by Crippen LogP contribution is -2.46. The average Bonchev–Trinajstić information content (AvgIpc) is 2.69. The van der Waals surface area contributed by atoms with Gasteiger partial charge in [0.15, 0.2) is 0 Å². The standard InChI is InChI=1S/C21H23N3O2/c1-26-20-4-2-3-16-5-6-17(22-21(16)20)15-23-11-13-24(14-12-23)18-7-9-19(25)10-8-18/h2-10,25H,11-15H2,1H3. The summed E-state index contributed by atoms with van der Waals surface area (Å²) >= 11 is 0. The molecular formula is C21H23N3O2. The Kier molecular flexibility index (Phi) is 4.63. The molecule has 0 saturated carbocycles. The Morgan fingerprint density at radius 2 is 1.73 bits per heavy atom. The first-order valence-electron chi connectivity index (χ1n) is 8.92. The maximum atomic E-state index is 9.43. The Hall–Kier alpha value is -2.79. The molecule has 1 aliphatic heterocycles. The van der Waals surface area contributed by atoms with Crippen molar-refractivity contribution in [2.24, 2.45) is 0 Å². The number of pyridine rings is 1. The number of aromatic hydroxyl groups is 1. The van der Waals surface area contributed by atoms with Crippen molar-refractivity contribution < 1.29 is 9.84 Å². The van der Waals surface area contributed by atoms with Crippen molar-refractivity contribution >= 4 is 16.6 Å². The Balaban J connectivity index is 1.42. The molecule has 1 aliphatic rings. The number of rotatable bonds is 4. The SMILES string of the molecule is COc1cccc2ccc(CN3CCN(c4ccc(O)cc4)CC3)nc12. The van der Waals surface area contributed by atoms with Gasteiger partial charge in [-0.25, -0.2) is 4.98 Å². The van der Waals surface area contributed by atoms with Gasteiger partial charge in [-0.2, -0.15) is 0 Å². The van der Waals surface area contributed by atoms with Gasteiger partial charge in [0.1, 0.15) is 17.0 Å². The molecule has 0 spiro atoms. The fourth-order valence-electron chi connectivity index (χ4n) is 3.47. The van der Waals surface area contributed by atoms with Crippen LogP contribution in [0.2, 0.25) is 0 Å². The lowest BCUT2D eigenvalue weighted by molar-refractivity contribution is 0.247. The number of ether oxygens (including phenoxy) is 1. The van der Waals surface area contributed by atoms with Crippen LogP contribution in [0.3, 0.4) is 0 Å². The molecule has 134 valence electrons. The van der Waals surface area contributed by atoms with Crippen LogP contribution >= 0.6 is 0 Å². The molecule has 0 bridgehead atoms. The van der Waals surface area contributed by atoms with E-state index < -0.39 is 0 Å². The van der Waals surface area contributed by atoms with Gasteiger partial charge in [0.2, 0.25) is 0 Å². The normalized spacial score (nSPS) is 15.3. The fourth-order valence-corrected chi connectivity index (χ4v) is 3.47. The van der Waals surface area contributed by atoms with Gasteiger partial charge < -0.3 is 14.7 Å². The number of fused-ring (bicyclic) bond motifs is 1. The third kappa shape index (κ3) is 3.44. The van der Waals surface area contributed by atoms with Gasteiger partial charge in [-0.05, 0) is 36.4 Å². The summed E-state index contributed by atoms with van der Waals surface area (Å²) in [5.74, 6) is 1.13. The zero-order valence-corrected chi connectivity index (χ0v) is 14.9. The van der Waals surface area contributed by atoms with Crippen LogP contribution < -0.4 is 9.64 Å². The van der Waals surface area contributed by atoms with Crippen LogP contribution in [-0.2, 0) is 6.54 Å². The molecule has 0 atom stereocenters. The summed E-state index contributed by atoms with van der Waals surface area (Å²) in [5, 5.41) is 10.5. The van der Waals surface area contributed by atoms with Crippen molar-refractivity contribution in [1.29, 1.82) is 0 Å². The summed E-state index contributed by atoms with van der Waals surface area (Å²) in [6, 6.07) is 17.7. The number of aromatic nitrogens is 1. The van der Waals surface area contributed by atoms with Crippen molar-refractivity contribution in [2.45, 2.75) is 6.54 Å². The number of hydrogen-bond donors (Lipinski definition) is 1. The molecule has 3 aromatic rings. The van der Waals surface area contributed by atoms with E-state index in [2.05, 4.69) is 28.0 Å². The molecule has 1 saturated heterocycles. The number of phenolic OH excluding ortho intramolecular Hbond substituents is 1. The van der Waals surface area contributed by atoms with Crippen molar-refractivity contribution in [3.05, 3.63) is 60.3 Å². The van der Waals surface area contributed by atoms with Gasteiger partial charge in [0, 0.05) is 43.8 Å². The minimum absolute atomic E-state index is 0.310. The monoisotopic (exact) mass is 349 g/mol. The fraction of sp³-hybridized carbons (Fsp3) is 0.286. The van der Waals surface area contributed by atoms with E-state index >= 15 is 0 Å². The molecule has 5 heteroatoms. The Labute approximate surface area is 153 Å². The summed E-state index contributed by atoms with van der Waals surface area (Å²) in [4.78, 5) is 9.60. The second-order valence-electron chi connectivity index (χ2n) is 6.61. The second-order valence-corrected chi connectivity index (χ2v) is 6.61. The number of para-hydroxylation sites is 1. The third-order valence-electron chi connectivity index (χ3n) is 4.93. The number of nitrogens with zero attached hydrogens (tertiary/aromatic N) is 3. The first kappa shape index (κ1) is 16.7. The lowest BCUT2D eigenvalue weighted by atomic mass is 10.1. The Bertz CT molecular complexity index is 887. The van der Waals surface area contributed by atoms with E-state index in [0.29, 0.717) is 5.75 Å². The van der Waals surface area contributed by atoms with Gasteiger partial charge >= 0.3 is 0 Å². The summed E-state index contributed by atoms with van der Waals surface area (Å²) in [6.07, 6.45) is 0. The average molecular weight is 349 g/mol. The number of hydrogen-bond acceptors (Lipinski definition) is 5. The van der Waals surface area contributed by atoms with E-state index in [1.165, 1.54) is 0 Å². The highest BCUT2D eigenvalue weighted by Gasteiger charge is 2.18. The number of benzene rings is 2. The summed E-state index contributed by atoms with van der Waals surface area (Å²) in [5.41, 5.74) is 3.16. The highest BCUT2D eigenvalue weighted by Crippen LogP contribution is 2.24. The van der Waals surface area contributed by atoms with E-state index in [9.17, 15) is 5.11 Å². The van der Waals surface area contributed by atoms with Crippen molar-refractivity contribution in [1.82, 2.24) is 9.88 Å². The van der Waals surface area contributed by atoms with Crippen molar-refractivity contribution in [3.63, 3.8) is 0 Å². The van der Waals surface area contributed by atoms with Gasteiger partial charge in [-0.15, -0.1) is 0 Å². The van der Waals surface area contributed by atoms with Gasteiger partial charge in [0.05, 0.1) is 12.8 Å². The topological polar surface area (TPSA) is 48.8 Å². The summed E-state index contributed by atoms with van der Waals surface area (Å²) in [6.45, 7) is 4.78. The summed E-state index contributed by atoms with van der Waals surface area (Å²) in [7, 11) is 1.69. The highest BCUT2D eigenvalue weighted by molar-refractivity contribution is 5.84. The number of phenols is 1. The van der Waals surface area contributed by atoms with Crippen LogP contribution in [0, 0.1) is 0 Å². The molecule has 0 unspecified atom stereocenters. The number of methoxy groups -OCH3 is 1. The predicted octanol–water partition coefficient (Wildman–Crippen LogP) is 3.27. The van der Waals surface area contributed by atoms with Crippen LogP contribution in [0.4, 0.5) is 5.69 Å². The molecular weight excluding hydrogens is 326 g/mol. The molecule has 0 aliphatic carbocycles. The van der Waals surface area contributed by atoms with E-state index in [1.54, 1.807) is 19.2 Å². The smallest absolute Gasteiger partial charge is 0.145 e. The molecule has 1 fully saturated rings. The van der Waals surface area contributed by atoms with Crippen molar-refractivity contribution in [2.75, 3.05) is 38.2 Å². The molecule has 26 heavy (non-hydrogen) atoms. The maximum absolute atomic E-state index is 9.43. The Morgan fingerprint density at radius 1 is 0.962 bits per heavy atom. The molecule has 0 amide bonds. The zero-order chi connectivity index (χ0) is 17.9. The second kappa shape index (κ2) is 7.22. The largest absolute Gasteiger partial charge is 0.508 e. The quantitative estimate of drug-likeness (QED) is 0.783. The highest BCUT2D eigenvalue weighted by atomic mass is 16.5. The molecule has 2 aromatic carbocycles. The number of anilines is 1. The summed E-state index contributed by atoms with van der Waals surface area (Å²) < 4.78 is 5.44. The first-order valence-corrected chi connectivity index (χ1v) is 8.92. The first-order chi connectivity index (χ1) is 12.7. The Morgan fingerprint density at radius 3 is 2.46 bits per heavy atom. The van der Waals surface area contributed by atoms with E-state index in [0.717, 1.165) is 60.8 Å². The molecule has 5 nitrogen and oxygen atoms in total. The minimum Gasteiger partial charge on any atom is -0.508 e. The van der Waals surface area contributed by atoms with Crippen LogP contribution in [0.15, 0.2) is 54.6 Å². The van der Waals surface area contributed by atoms with E-state index in [4.69, 9.17) is 9.72 Å². The molecule has 0 radical (unpaired) electrons. The van der Waals surface area contributed by atoms with Crippen LogP contribution in [-0.4, -0.2) is 48.3 Å². The minimum atomic E-state index is 0.310. The third-order valence-corrected chi connectivity index (χ3v) is 4.93. The van der Waals surface area contributed by atoms with Crippen molar-refractivity contribution in [3.8, 4) is 11.5 Å². The van der Waals surface area contributed by atoms with E-state index in [-0.39, 0.29) is 0 Å². The molecule has 4 rings (SSSR count). The van der Waals surface area contributed by atoms with Crippen LogP contribution in [0.5, 0.6) is 11.5 Å². The lowest BCUT2D eigenvalue weighted by Gasteiger charge is -2.36. The maximum Gasteiger partial charge on any atom is 0.145 e. The zero-order valence-electron chi connectivity index (χ0n) is 14.9. The molecule has 2 heterocycles. The predicted molar refractivity (Wildman–Crippen MR) is 104 cm³/mol. The van der Waals surface area contributed by atoms with Gasteiger partial charge in [-0.1, -0.05) is 18.2 Å². The number of piperazine rings is 1. The molecule has 1 aromatic heterocycles. The molecule has 1 N–H and O–H groups in total. The van der Waals surface area contributed by atoms with Gasteiger partial charge in [-0.3, -0.25) is 4.90 Å². The van der Waals surface area contributed by atoms with Crippen LogP contribution in [0.25, 0.3) is 10.9 Å². The van der Waals surface area contributed by atoms with Crippen LogP contribution in [0.1, 0.15) is 5.69 Å². The van der Waals surface area contributed by atoms with Gasteiger partial charge in [0.25, 0.3) is 0 Å². The van der Waals surface area contributed by atoms with E-state index in [1.807, 2.05) is 24.3 Å².